The van der Waals surface area contributed by atoms with E-state index in [0.29, 0.717) is 5.56 Å². The molecule has 0 saturated heterocycles. The highest BCUT2D eigenvalue weighted by atomic mass is 19.4. The molecular formula is C13H11F3N3O. The number of amides is 1. The van der Waals surface area contributed by atoms with Crippen molar-refractivity contribution in [1.82, 2.24) is 9.55 Å². The Morgan fingerprint density at radius 3 is 2.45 bits per heavy atom. The van der Waals surface area contributed by atoms with Crippen molar-refractivity contribution in [2.24, 2.45) is 5.73 Å². The maximum atomic E-state index is 12.5. The lowest BCUT2D eigenvalue weighted by Gasteiger charge is -2.16. The van der Waals surface area contributed by atoms with Gasteiger partial charge in [0.1, 0.15) is 6.20 Å². The molecule has 1 aromatic heterocycles. The van der Waals surface area contributed by atoms with Gasteiger partial charge in [-0.15, -0.1) is 0 Å². The van der Waals surface area contributed by atoms with Crippen LogP contribution in [0.2, 0.25) is 0 Å². The van der Waals surface area contributed by atoms with Crippen molar-refractivity contribution in [2.75, 3.05) is 0 Å². The number of benzene rings is 1. The molecule has 1 unspecified atom stereocenters. The fourth-order valence-electron chi connectivity index (χ4n) is 1.86. The second-order valence-electron chi connectivity index (χ2n) is 4.26. The highest BCUT2D eigenvalue weighted by Crippen LogP contribution is 2.30. The van der Waals surface area contributed by atoms with E-state index in [4.69, 9.17) is 5.73 Å². The van der Waals surface area contributed by atoms with Gasteiger partial charge in [0.05, 0.1) is 11.6 Å². The van der Waals surface area contributed by atoms with Crippen molar-refractivity contribution in [3.63, 3.8) is 0 Å². The van der Waals surface area contributed by atoms with Gasteiger partial charge in [0, 0.05) is 6.20 Å². The van der Waals surface area contributed by atoms with Crippen molar-refractivity contribution in [3.8, 4) is 0 Å². The van der Waals surface area contributed by atoms with E-state index in [2.05, 4.69) is 11.2 Å². The minimum Gasteiger partial charge on any atom is -0.363 e. The smallest absolute Gasteiger partial charge is 0.363 e. The Morgan fingerprint density at radius 2 is 1.95 bits per heavy atom. The standard InChI is InChI=1S/C13H11F3N3O/c1-8(19-7-6-18-12(19)11(17)20)9-2-4-10(5-3-9)13(14,15)16/h2-5,7-8H,1H3,(H2,17,20). The van der Waals surface area contributed by atoms with Crippen LogP contribution in [0.5, 0.6) is 0 Å². The number of imidazole rings is 1. The summed E-state index contributed by atoms with van der Waals surface area (Å²) in [6.07, 6.45) is -0.441. The van der Waals surface area contributed by atoms with E-state index in [0.717, 1.165) is 12.1 Å². The van der Waals surface area contributed by atoms with Crippen molar-refractivity contribution in [3.05, 3.63) is 53.6 Å². The number of carbonyl (C=O) groups excluding carboxylic acids is 1. The maximum Gasteiger partial charge on any atom is 0.416 e. The first-order valence-electron chi connectivity index (χ1n) is 5.72. The molecule has 0 aliphatic heterocycles. The number of halogens is 3. The van der Waals surface area contributed by atoms with Crippen LogP contribution in [0.4, 0.5) is 13.2 Å². The predicted molar refractivity (Wildman–Crippen MR) is 64.8 cm³/mol. The van der Waals surface area contributed by atoms with Crippen molar-refractivity contribution < 1.29 is 18.0 Å². The first kappa shape index (κ1) is 14.1. The SMILES string of the molecule is CC(c1ccc(C(F)(F)F)cc1)n1c[c]nc1C(N)=O. The van der Waals surface area contributed by atoms with Crippen LogP contribution in [-0.2, 0) is 6.18 Å². The largest absolute Gasteiger partial charge is 0.416 e. The molecule has 1 amide bonds. The van der Waals surface area contributed by atoms with Crippen molar-refractivity contribution in [2.45, 2.75) is 19.1 Å². The zero-order chi connectivity index (χ0) is 14.9. The molecule has 1 radical (unpaired) electrons. The number of alkyl halides is 3. The Kier molecular flexibility index (Phi) is 3.52. The summed E-state index contributed by atoms with van der Waals surface area (Å²) in [6, 6.07) is 4.34. The molecule has 0 saturated carbocycles. The first-order valence-corrected chi connectivity index (χ1v) is 5.72. The molecule has 4 nitrogen and oxygen atoms in total. The van der Waals surface area contributed by atoms with Gasteiger partial charge >= 0.3 is 6.18 Å². The third-order valence-electron chi connectivity index (χ3n) is 2.97. The Morgan fingerprint density at radius 1 is 1.35 bits per heavy atom. The molecule has 0 bridgehead atoms. The number of nitrogens with two attached hydrogens (primary N) is 1. The third kappa shape index (κ3) is 2.66. The van der Waals surface area contributed by atoms with Crippen molar-refractivity contribution >= 4 is 5.91 Å². The summed E-state index contributed by atoms with van der Waals surface area (Å²) in [5.41, 5.74) is 5.05. The fourth-order valence-corrected chi connectivity index (χ4v) is 1.86. The summed E-state index contributed by atoms with van der Waals surface area (Å²) >= 11 is 0. The fraction of sp³-hybridized carbons (Fsp3) is 0.231. The minimum absolute atomic E-state index is 0.0115. The van der Waals surface area contributed by atoms with Gasteiger partial charge < -0.3 is 10.3 Å². The van der Waals surface area contributed by atoms with Gasteiger partial charge in [-0.2, -0.15) is 13.2 Å². The molecule has 1 heterocycles. The second kappa shape index (κ2) is 4.99. The zero-order valence-corrected chi connectivity index (χ0v) is 10.5. The molecule has 20 heavy (non-hydrogen) atoms. The maximum absolute atomic E-state index is 12.5. The molecular weight excluding hydrogens is 271 g/mol. The van der Waals surface area contributed by atoms with Crippen LogP contribution in [0.3, 0.4) is 0 Å². The molecule has 1 atom stereocenters. The summed E-state index contributed by atoms with van der Waals surface area (Å²) in [5, 5.41) is 0. The zero-order valence-electron chi connectivity index (χ0n) is 10.5. The number of rotatable bonds is 3. The van der Waals surface area contributed by atoms with E-state index < -0.39 is 17.6 Å². The normalized spacial score (nSPS) is 13.2. The van der Waals surface area contributed by atoms with Crippen LogP contribution in [0.15, 0.2) is 30.5 Å². The molecule has 2 N–H and O–H groups in total. The number of primary amides is 1. The molecule has 0 spiro atoms. The summed E-state index contributed by atoms with van der Waals surface area (Å²) in [4.78, 5) is 14.9. The summed E-state index contributed by atoms with van der Waals surface area (Å²) in [6.45, 7) is 1.73. The summed E-state index contributed by atoms with van der Waals surface area (Å²) in [7, 11) is 0. The first-order chi connectivity index (χ1) is 9.30. The minimum atomic E-state index is -4.37. The number of hydrogen-bond acceptors (Lipinski definition) is 2. The molecule has 0 aliphatic rings. The van der Waals surface area contributed by atoms with Gasteiger partial charge in [-0.25, -0.2) is 4.98 Å². The predicted octanol–water partition coefficient (Wildman–Crippen LogP) is 2.41. The van der Waals surface area contributed by atoms with Crippen LogP contribution in [0.1, 0.15) is 34.7 Å². The van der Waals surface area contributed by atoms with Gasteiger partial charge in [0.25, 0.3) is 5.91 Å². The van der Waals surface area contributed by atoms with E-state index in [1.165, 1.54) is 22.9 Å². The Bertz CT molecular complexity index is 617. The molecule has 105 valence electrons. The van der Waals surface area contributed by atoms with Gasteiger partial charge in [-0.05, 0) is 24.6 Å². The quantitative estimate of drug-likeness (QED) is 0.939. The van der Waals surface area contributed by atoms with Crippen LogP contribution in [0, 0.1) is 6.20 Å². The van der Waals surface area contributed by atoms with E-state index >= 15 is 0 Å². The van der Waals surface area contributed by atoms with Crippen molar-refractivity contribution in [1.29, 1.82) is 0 Å². The third-order valence-corrected chi connectivity index (χ3v) is 2.97. The van der Waals surface area contributed by atoms with E-state index in [9.17, 15) is 18.0 Å². The van der Waals surface area contributed by atoms with E-state index in [-0.39, 0.29) is 11.9 Å². The lowest BCUT2D eigenvalue weighted by Crippen LogP contribution is -2.20. The van der Waals surface area contributed by atoms with Crippen LogP contribution in [0.25, 0.3) is 0 Å². The average molecular weight is 282 g/mol. The molecule has 0 aliphatic carbocycles. The molecule has 2 rings (SSSR count). The van der Waals surface area contributed by atoms with Gasteiger partial charge in [-0.1, -0.05) is 12.1 Å². The Hall–Kier alpha value is -2.31. The molecule has 1 aromatic carbocycles. The summed E-state index contributed by atoms with van der Waals surface area (Å²) in [5.74, 6) is -0.706. The number of aromatic nitrogens is 2. The Balaban J connectivity index is 2.32. The lowest BCUT2D eigenvalue weighted by molar-refractivity contribution is -0.137. The van der Waals surface area contributed by atoms with E-state index in [1.807, 2.05) is 0 Å². The number of nitrogens with zero attached hydrogens (tertiary/aromatic N) is 2. The van der Waals surface area contributed by atoms with Gasteiger partial charge in [-0.3, -0.25) is 4.79 Å². The van der Waals surface area contributed by atoms with Crippen LogP contribution >= 0.6 is 0 Å². The molecule has 0 fully saturated rings. The van der Waals surface area contributed by atoms with Gasteiger partial charge in [0.15, 0.2) is 5.82 Å². The monoisotopic (exact) mass is 282 g/mol. The van der Waals surface area contributed by atoms with Gasteiger partial charge in [0.2, 0.25) is 0 Å². The topological polar surface area (TPSA) is 60.9 Å². The Labute approximate surface area is 113 Å². The van der Waals surface area contributed by atoms with E-state index in [1.54, 1.807) is 6.92 Å². The number of carbonyl (C=O) groups is 1. The van der Waals surface area contributed by atoms with Crippen LogP contribution in [-0.4, -0.2) is 15.5 Å². The highest BCUT2D eigenvalue weighted by Gasteiger charge is 2.30. The summed E-state index contributed by atoms with van der Waals surface area (Å²) < 4.78 is 38.9. The molecule has 7 heteroatoms. The van der Waals surface area contributed by atoms with Crippen LogP contribution < -0.4 is 5.73 Å². The average Bonchev–Trinajstić information content (AvgIpc) is 2.86. The molecule has 2 aromatic rings. The number of hydrogen-bond donors (Lipinski definition) is 1. The second-order valence-corrected chi connectivity index (χ2v) is 4.26. The lowest BCUT2D eigenvalue weighted by atomic mass is 10.1. The highest BCUT2D eigenvalue weighted by molar-refractivity contribution is 5.89.